The highest BCUT2D eigenvalue weighted by Gasteiger charge is 2.22. The molecule has 0 bridgehead atoms. The molecule has 0 fully saturated rings. The van der Waals surface area contributed by atoms with Gasteiger partial charge in [0.05, 0.1) is 0 Å². The van der Waals surface area contributed by atoms with Crippen molar-refractivity contribution in [2.75, 3.05) is 5.88 Å². The molecule has 1 heteroatoms. The van der Waals surface area contributed by atoms with Crippen LogP contribution in [0.2, 0.25) is 0 Å². The Kier molecular flexibility index (Phi) is 7.37. The van der Waals surface area contributed by atoms with Crippen LogP contribution in [0.3, 0.4) is 0 Å². The van der Waals surface area contributed by atoms with Gasteiger partial charge in [0, 0.05) is 11.3 Å². The van der Waals surface area contributed by atoms with E-state index >= 15 is 0 Å². The Morgan fingerprint density at radius 2 is 1.17 bits per heavy atom. The van der Waals surface area contributed by atoms with Crippen LogP contribution < -0.4 is 0 Å². The van der Waals surface area contributed by atoms with Gasteiger partial charge in [-0.15, -0.1) is 11.6 Å². The highest BCUT2D eigenvalue weighted by atomic mass is 35.5. The molecule has 0 atom stereocenters. The molecule has 0 saturated carbocycles. The predicted molar refractivity (Wildman–Crippen MR) is 107 cm³/mol. The van der Waals surface area contributed by atoms with Crippen molar-refractivity contribution in [1.29, 1.82) is 0 Å². The van der Waals surface area contributed by atoms with E-state index in [1.165, 1.54) is 47.9 Å². The van der Waals surface area contributed by atoms with Gasteiger partial charge in [0.2, 0.25) is 0 Å². The van der Waals surface area contributed by atoms with Crippen molar-refractivity contribution in [2.24, 2.45) is 0 Å². The van der Waals surface area contributed by atoms with Crippen molar-refractivity contribution in [1.82, 2.24) is 0 Å². The lowest BCUT2D eigenvalue weighted by molar-refractivity contribution is 0.639. The second-order valence-electron chi connectivity index (χ2n) is 7.27. The number of rotatable bonds is 9. The average molecular weight is 343 g/mol. The van der Waals surface area contributed by atoms with E-state index in [4.69, 9.17) is 11.6 Å². The minimum Gasteiger partial charge on any atom is -0.127 e. The Morgan fingerprint density at radius 1 is 0.708 bits per heavy atom. The zero-order chi connectivity index (χ0) is 17.4. The summed E-state index contributed by atoms with van der Waals surface area (Å²) in [6.07, 6.45) is 7.11. The molecule has 0 spiro atoms. The molecule has 0 amide bonds. The van der Waals surface area contributed by atoms with E-state index < -0.39 is 0 Å². The van der Waals surface area contributed by atoms with E-state index in [1.807, 2.05) is 0 Å². The van der Waals surface area contributed by atoms with Gasteiger partial charge in [-0.2, -0.15) is 0 Å². The fraction of sp³-hybridized carbons (Fsp3) is 0.478. The molecule has 0 aromatic heterocycles. The van der Waals surface area contributed by atoms with Crippen LogP contribution >= 0.6 is 11.6 Å². The summed E-state index contributed by atoms with van der Waals surface area (Å²) in [6, 6.07) is 18.4. The maximum absolute atomic E-state index is 5.76. The van der Waals surface area contributed by atoms with Gasteiger partial charge in [-0.25, -0.2) is 0 Å². The summed E-state index contributed by atoms with van der Waals surface area (Å²) in [5.41, 5.74) is 5.67. The summed E-state index contributed by atoms with van der Waals surface area (Å²) < 4.78 is 0. The highest BCUT2D eigenvalue weighted by Crippen LogP contribution is 2.32. The lowest BCUT2D eigenvalue weighted by Gasteiger charge is -2.26. The van der Waals surface area contributed by atoms with E-state index in [9.17, 15) is 0 Å². The molecule has 130 valence electrons. The molecule has 0 aliphatic carbocycles. The van der Waals surface area contributed by atoms with Crippen molar-refractivity contribution >= 4 is 11.6 Å². The van der Waals surface area contributed by atoms with Crippen molar-refractivity contribution in [2.45, 2.75) is 64.7 Å². The van der Waals surface area contributed by atoms with Crippen LogP contribution in [0.1, 0.15) is 68.7 Å². The van der Waals surface area contributed by atoms with Gasteiger partial charge in [-0.1, -0.05) is 75.7 Å². The maximum Gasteiger partial charge on any atom is 0.0223 e. The van der Waals surface area contributed by atoms with Gasteiger partial charge in [0.1, 0.15) is 0 Å². The molecule has 0 aliphatic heterocycles. The molecule has 0 nitrogen and oxygen atoms in total. The Labute approximate surface area is 153 Å². The number of hydrogen-bond donors (Lipinski definition) is 0. The number of aryl methyl sites for hydroxylation is 2. The summed E-state index contributed by atoms with van der Waals surface area (Å²) in [6.45, 7) is 6.88. The molecule has 2 aromatic carbocycles. The Hall–Kier alpha value is -1.27. The van der Waals surface area contributed by atoms with Crippen LogP contribution in [-0.4, -0.2) is 5.88 Å². The minimum atomic E-state index is 0.0396. The Bertz CT molecular complexity index is 593. The molecule has 24 heavy (non-hydrogen) atoms. The van der Waals surface area contributed by atoms with Crippen LogP contribution in [0.15, 0.2) is 48.5 Å². The average Bonchev–Trinajstić information content (AvgIpc) is 2.61. The normalized spacial score (nSPS) is 11.7. The van der Waals surface area contributed by atoms with Gasteiger partial charge in [0.15, 0.2) is 0 Å². The maximum atomic E-state index is 5.76. The number of hydrogen-bond acceptors (Lipinski definition) is 0. The summed E-state index contributed by atoms with van der Waals surface area (Å²) in [5.74, 6) is 0.763. The third-order valence-corrected chi connectivity index (χ3v) is 5.29. The lowest BCUT2D eigenvalue weighted by atomic mass is 9.77. The molecule has 0 unspecified atom stereocenters. The van der Waals surface area contributed by atoms with Crippen molar-refractivity contribution < 1.29 is 0 Å². The standard InChI is InChI=1S/C23H31Cl/c1-4-5-8-19-10-14-21(15-11-19)23(2,3)22-16-12-20(13-17-22)9-6-7-18-24/h10-17H,4-9,18H2,1-3H3. The fourth-order valence-electron chi connectivity index (χ4n) is 3.15. The SMILES string of the molecule is CCCCc1ccc(C(C)(C)c2ccc(CCCCCl)cc2)cc1. The van der Waals surface area contributed by atoms with Crippen LogP contribution in [0.25, 0.3) is 0 Å². The molecule has 0 saturated heterocycles. The largest absolute Gasteiger partial charge is 0.127 e. The van der Waals surface area contributed by atoms with Gasteiger partial charge < -0.3 is 0 Å². The molecule has 2 aromatic rings. The number of unbranched alkanes of at least 4 members (excludes halogenated alkanes) is 2. The zero-order valence-corrected chi connectivity index (χ0v) is 16.2. The lowest BCUT2D eigenvalue weighted by Crippen LogP contribution is -2.18. The molecule has 0 N–H and O–H groups in total. The minimum absolute atomic E-state index is 0.0396. The third kappa shape index (κ3) is 5.11. The van der Waals surface area contributed by atoms with E-state index in [0.29, 0.717) is 0 Å². The van der Waals surface area contributed by atoms with Crippen LogP contribution in [0.4, 0.5) is 0 Å². The molecule has 0 radical (unpaired) electrons. The molecular formula is C23H31Cl. The van der Waals surface area contributed by atoms with Gasteiger partial charge in [-0.05, 0) is 54.4 Å². The fourth-order valence-corrected chi connectivity index (χ4v) is 3.34. The zero-order valence-electron chi connectivity index (χ0n) is 15.4. The van der Waals surface area contributed by atoms with Crippen molar-refractivity contribution in [3.8, 4) is 0 Å². The second-order valence-corrected chi connectivity index (χ2v) is 7.65. The van der Waals surface area contributed by atoms with E-state index in [0.717, 1.165) is 18.7 Å². The summed E-state index contributed by atoms with van der Waals surface area (Å²) in [7, 11) is 0. The molecule has 0 aliphatic rings. The number of benzene rings is 2. The van der Waals surface area contributed by atoms with Gasteiger partial charge >= 0.3 is 0 Å². The number of alkyl halides is 1. The first kappa shape index (κ1) is 19.1. The smallest absolute Gasteiger partial charge is 0.0223 e. The quantitative estimate of drug-likeness (QED) is 0.343. The first-order valence-electron chi connectivity index (χ1n) is 9.32. The monoisotopic (exact) mass is 342 g/mol. The summed E-state index contributed by atoms with van der Waals surface area (Å²) >= 11 is 5.76. The second kappa shape index (κ2) is 9.28. The summed E-state index contributed by atoms with van der Waals surface area (Å²) in [5, 5.41) is 0. The van der Waals surface area contributed by atoms with Crippen molar-refractivity contribution in [3.05, 3.63) is 70.8 Å². The third-order valence-electron chi connectivity index (χ3n) is 5.02. The highest BCUT2D eigenvalue weighted by molar-refractivity contribution is 6.17. The Morgan fingerprint density at radius 3 is 1.58 bits per heavy atom. The summed E-state index contributed by atoms with van der Waals surface area (Å²) in [4.78, 5) is 0. The van der Waals surface area contributed by atoms with E-state index in [1.54, 1.807) is 0 Å². The molecule has 0 heterocycles. The molecular weight excluding hydrogens is 312 g/mol. The van der Waals surface area contributed by atoms with Crippen LogP contribution in [-0.2, 0) is 18.3 Å². The van der Waals surface area contributed by atoms with Crippen molar-refractivity contribution in [3.63, 3.8) is 0 Å². The van der Waals surface area contributed by atoms with E-state index in [-0.39, 0.29) is 5.41 Å². The predicted octanol–water partition coefficient (Wildman–Crippen LogP) is 6.92. The van der Waals surface area contributed by atoms with Gasteiger partial charge in [-0.3, -0.25) is 0 Å². The first-order valence-corrected chi connectivity index (χ1v) is 9.86. The van der Waals surface area contributed by atoms with Crippen LogP contribution in [0, 0.1) is 0 Å². The molecule has 2 rings (SSSR count). The first-order chi connectivity index (χ1) is 11.6. The van der Waals surface area contributed by atoms with Gasteiger partial charge in [0.25, 0.3) is 0 Å². The van der Waals surface area contributed by atoms with Crippen LogP contribution in [0.5, 0.6) is 0 Å². The Balaban J connectivity index is 2.08. The van der Waals surface area contributed by atoms with E-state index in [2.05, 4.69) is 69.3 Å². The topological polar surface area (TPSA) is 0 Å². The number of halogens is 1.